The highest BCUT2D eigenvalue weighted by atomic mass is 19.1. The van der Waals surface area contributed by atoms with Crippen LogP contribution in [0.4, 0.5) is 10.1 Å². The van der Waals surface area contributed by atoms with Crippen LogP contribution in [0.25, 0.3) is 0 Å². The minimum atomic E-state index is -0.638. The number of methoxy groups -OCH3 is 1. The molecule has 0 radical (unpaired) electrons. The van der Waals surface area contributed by atoms with Gasteiger partial charge in [-0.1, -0.05) is 30.3 Å². The predicted octanol–water partition coefficient (Wildman–Crippen LogP) is 4.66. The summed E-state index contributed by atoms with van der Waals surface area (Å²) in [7, 11) is 1.25. The fraction of sp³-hybridized carbons (Fsp3) is 0.0476. The number of rotatable bonds is 5. The molecule has 0 saturated carbocycles. The number of para-hydroxylation sites is 2. The zero-order chi connectivity index (χ0) is 19.2. The Kier molecular flexibility index (Phi) is 5.47. The molecular formula is C21H16FNO4. The first-order valence-corrected chi connectivity index (χ1v) is 8.09. The van der Waals surface area contributed by atoms with Crippen LogP contribution in [0.5, 0.6) is 11.5 Å². The largest absolute Gasteiger partial charge is 0.465 e. The van der Waals surface area contributed by atoms with Gasteiger partial charge in [0.15, 0.2) is 11.6 Å². The maximum Gasteiger partial charge on any atom is 0.337 e. The summed E-state index contributed by atoms with van der Waals surface area (Å²) in [4.78, 5) is 24.2. The van der Waals surface area contributed by atoms with E-state index in [-0.39, 0.29) is 22.6 Å². The zero-order valence-electron chi connectivity index (χ0n) is 14.4. The number of nitrogens with one attached hydrogen (secondary N) is 1. The Morgan fingerprint density at radius 3 is 2.33 bits per heavy atom. The lowest BCUT2D eigenvalue weighted by molar-refractivity contribution is 0.0600. The zero-order valence-corrected chi connectivity index (χ0v) is 14.4. The van der Waals surface area contributed by atoms with Crippen molar-refractivity contribution < 1.29 is 23.5 Å². The Morgan fingerprint density at radius 2 is 1.59 bits per heavy atom. The van der Waals surface area contributed by atoms with E-state index >= 15 is 0 Å². The van der Waals surface area contributed by atoms with Crippen molar-refractivity contribution in [2.24, 2.45) is 0 Å². The van der Waals surface area contributed by atoms with Crippen LogP contribution >= 0.6 is 0 Å². The molecule has 3 aromatic rings. The molecule has 0 spiro atoms. The van der Waals surface area contributed by atoms with Crippen LogP contribution in [-0.2, 0) is 4.74 Å². The quantitative estimate of drug-likeness (QED) is 0.668. The monoisotopic (exact) mass is 365 g/mol. The van der Waals surface area contributed by atoms with Gasteiger partial charge in [-0.15, -0.1) is 0 Å². The van der Waals surface area contributed by atoms with Crippen LogP contribution in [-0.4, -0.2) is 19.0 Å². The van der Waals surface area contributed by atoms with E-state index in [1.807, 2.05) is 6.07 Å². The molecule has 27 heavy (non-hydrogen) atoms. The lowest BCUT2D eigenvalue weighted by Gasteiger charge is -2.13. The minimum Gasteiger partial charge on any atom is -0.465 e. The first kappa shape index (κ1) is 18.1. The average Bonchev–Trinajstić information content (AvgIpc) is 2.70. The standard InChI is InChI=1S/C21H16FNO4/c1-26-21(25)15-8-5-7-14(13-15)20(24)23-19-17(22)11-6-12-18(19)27-16-9-3-2-4-10-16/h2-13H,1H3,(H,23,24). The van der Waals surface area contributed by atoms with Crippen LogP contribution in [0.2, 0.25) is 0 Å². The van der Waals surface area contributed by atoms with Gasteiger partial charge in [0.1, 0.15) is 11.4 Å². The summed E-state index contributed by atoms with van der Waals surface area (Å²) in [5, 5.41) is 2.51. The summed E-state index contributed by atoms with van der Waals surface area (Å²) in [6.45, 7) is 0. The molecule has 0 fully saturated rings. The number of anilines is 1. The fourth-order valence-corrected chi connectivity index (χ4v) is 2.42. The van der Waals surface area contributed by atoms with Gasteiger partial charge >= 0.3 is 5.97 Å². The van der Waals surface area contributed by atoms with Crippen LogP contribution in [0, 0.1) is 5.82 Å². The number of esters is 1. The number of hydrogen-bond donors (Lipinski definition) is 1. The van der Waals surface area contributed by atoms with E-state index in [0.717, 1.165) is 0 Å². The highest BCUT2D eigenvalue weighted by molar-refractivity contribution is 6.06. The first-order chi connectivity index (χ1) is 13.1. The SMILES string of the molecule is COC(=O)c1cccc(C(=O)Nc2c(F)cccc2Oc2ccccc2)c1. The number of hydrogen-bond acceptors (Lipinski definition) is 4. The summed E-state index contributed by atoms with van der Waals surface area (Å²) in [6.07, 6.45) is 0. The molecule has 5 nitrogen and oxygen atoms in total. The maximum absolute atomic E-state index is 14.3. The van der Waals surface area contributed by atoms with Gasteiger partial charge in [0.2, 0.25) is 0 Å². The van der Waals surface area contributed by atoms with Gasteiger partial charge in [-0.25, -0.2) is 9.18 Å². The van der Waals surface area contributed by atoms with Crippen molar-refractivity contribution in [3.63, 3.8) is 0 Å². The molecule has 0 bridgehead atoms. The van der Waals surface area contributed by atoms with Crippen molar-refractivity contribution >= 4 is 17.6 Å². The third-order valence-electron chi connectivity index (χ3n) is 3.73. The smallest absolute Gasteiger partial charge is 0.337 e. The third kappa shape index (κ3) is 4.30. The molecule has 136 valence electrons. The number of halogens is 1. The molecule has 0 aromatic heterocycles. The van der Waals surface area contributed by atoms with Crippen molar-refractivity contribution in [2.75, 3.05) is 12.4 Å². The Labute approximate surface area is 155 Å². The van der Waals surface area contributed by atoms with E-state index < -0.39 is 17.7 Å². The maximum atomic E-state index is 14.3. The van der Waals surface area contributed by atoms with Crippen molar-refractivity contribution in [1.82, 2.24) is 0 Å². The van der Waals surface area contributed by atoms with Crippen molar-refractivity contribution in [3.8, 4) is 11.5 Å². The second-order valence-electron chi connectivity index (χ2n) is 5.55. The lowest BCUT2D eigenvalue weighted by atomic mass is 10.1. The van der Waals surface area contributed by atoms with Crippen LogP contribution < -0.4 is 10.1 Å². The molecule has 1 N–H and O–H groups in total. The predicted molar refractivity (Wildman–Crippen MR) is 98.7 cm³/mol. The molecular weight excluding hydrogens is 349 g/mol. The summed E-state index contributed by atoms with van der Waals surface area (Å²) in [6, 6.07) is 19.0. The van der Waals surface area contributed by atoms with Gasteiger partial charge in [0, 0.05) is 5.56 Å². The number of carbonyl (C=O) groups is 2. The van der Waals surface area contributed by atoms with Gasteiger partial charge in [-0.2, -0.15) is 0 Å². The van der Waals surface area contributed by atoms with E-state index in [0.29, 0.717) is 5.75 Å². The van der Waals surface area contributed by atoms with Gasteiger partial charge in [-0.3, -0.25) is 4.79 Å². The van der Waals surface area contributed by atoms with E-state index in [4.69, 9.17) is 4.74 Å². The van der Waals surface area contributed by atoms with E-state index in [9.17, 15) is 14.0 Å². The van der Waals surface area contributed by atoms with E-state index in [1.165, 1.54) is 37.4 Å². The third-order valence-corrected chi connectivity index (χ3v) is 3.73. The van der Waals surface area contributed by atoms with Crippen molar-refractivity contribution in [3.05, 3.63) is 89.7 Å². The van der Waals surface area contributed by atoms with Crippen LogP contribution in [0.3, 0.4) is 0 Å². The van der Waals surface area contributed by atoms with Gasteiger partial charge < -0.3 is 14.8 Å². The summed E-state index contributed by atoms with van der Waals surface area (Å²) in [5.41, 5.74) is 0.320. The molecule has 1 amide bonds. The van der Waals surface area contributed by atoms with Gasteiger partial charge in [-0.05, 0) is 42.5 Å². The number of benzene rings is 3. The van der Waals surface area contributed by atoms with Crippen molar-refractivity contribution in [2.45, 2.75) is 0 Å². The minimum absolute atomic E-state index is 0.0881. The Balaban J connectivity index is 1.87. The summed E-state index contributed by atoms with van der Waals surface area (Å²) in [5.74, 6) is -1.11. The topological polar surface area (TPSA) is 64.6 Å². The number of ether oxygens (including phenoxy) is 2. The second kappa shape index (κ2) is 8.14. The molecule has 0 atom stereocenters. The van der Waals surface area contributed by atoms with Crippen LogP contribution in [0.1, 0.15) is 20.7 Å². The fourth-order valence-electron chi connectivity index (χ4n) is 2.42. The van der Waals surface area contributed by atoms with Gasteiger partial charge in [0.25, 0.3) is 5.91 Å². The first-order valence-electron chi connectivity index (χ1n) is 8.09. The summed E-state index contributed by atoms with van der Waals surface area (Å²) >= 11 is 0. The van der Waals surface area contributed by atoms with E-state index in [1.54, 1.807) is 36.4 Å². The average molecular weight is 365 g/mol. The molecule has 0 aliphatic carbocycles. The van der Waals surface area contributed by atoms with E-state index in [2.05, 4.69) is 10.1 Å². The molecule has 6 heteroatoms. The molecule has 0 aliphatic rings. The lowest BCUT2D eigenvalue weighted by Crippen LogP contribution is -2.14. The number of carbonyl (C=O) groups excluding carboxylic acids is 2. The Hall–Kier alpha value is -3.67. The molecule has 0 unspecified atom stereocenters. The Bertz CT molecular complexity index is 973. The highest BCUT2D eigenvalue weighted by Gasteiger charge is 2.16. The van der Waals surface area contributed by atoms with Crippen LogP contribution in [0.15, 0.2) is 72.8 Å². The number of amides is 1. The normalized spacial score (nSPS) is 10.1. The highest BCUT2D eigenvalue weighted by Crippen LogP contribution is 2.32. The second-order valence-corrected chi connectivity index (χ2v) is 5.55. The Morgan fingerprint density at radius 1 is 0.889 bits per heavy atom. The summed E-state index contributed by atoms with van der Waals surface area (Å²) < 4.78 is 24.6. The van der Waals surface area contributed by atoms with Gasteiger partial charge in [0.05, 0.1) is 12.7 Å². The molecule has 0 saturated heterocycles. The molecule has 0 heterocycles. The molecule has 3 aromatic carbocycles. The molecule has 3 rings (SSSR count). The molecule has 0 aliphatic heterocycles. The van der Waals surface area contributed by atoms with Crippen molar-refractivity contribution in [1.29, 1.82) is 0 Å².